The fourth-order valence-corrected chi connectivity index (χ4v) is 3.91. The second-order valence-electron chi connectivity index (χ2n) is 6.78. The SMILES string of the molecule is CC(SCC(=O)N(Cc1cccnc1)Cc1ccco1)c1nc2ccccc2[nH]1. The number of nitrogens with one attached hydrogen (secondary N) is 1. The minimum Gasteiger partial charge on any atom is -0.467 e. The van der Waals surface area contributed by atoms with Gasteiger partial charge in [0.25, 0.3) is 0 Å². The fraction of sp³-hybridized carbons (Fsp3) is 0.227. The van der Waals surface area contributed by atoms with Crippen LogP contribution in [0.5, 0.6) is 0 Å². The van der Waals surface area contributed by atoms with Gasteiger partial charge in [-0.2, -0.15) is 0 Å². The van der Waals surface area contributed by atoms with Crippen molar-refractivity contribution in [2.75, 3.05) is 5.75 Å². The summed E-state index contributed by atoms with van der Waals surface area (Å²) in [5, 5.41) is 0.0789. The predicted molar refractivity (Wildman–Crippen MR) is 114 cm³/mol. The molecular weight excluding hydrogens is 384 g/mol. The molecule has 1 aromatic carbocycles. The van der Waals surface area contributed by atoms with Crippen LogP contribution in [0.25, 0.3) is 11.0 Å². The fourth-order valence-electron chi connectivity index (χ4n) is 3.07. The maximum Gasteiger partial charge on any atom is 0.233 e. The van der Waals surface area contributed by atoms with Gasteiger partial charge in [0.2, 0.25) is 5.91 Å². The predicted octanol–water partition coefficient (Wildman–Crippen LogP) is 4.57. The van der Waals surface area contributed by atoms with Gasteiger partial charge in [0, 0.05) is 18.9 Å². The Hall–Kier alpha value is -3.06. The summed E-state index contributed by atoms with van der Waals surface area (Å²) in [6.07, 6.45) is 5.14. The van der Waals surface area contributed by atoms with Gasteiger partial charge in [-0.3, -0.25) is 9.78 Å². The molecule has 1 atom stereocenters. The number of aromatic amines is 1. The Labute approximate surface area is 173 Å². The smallest absolute Gasteiger partial charge is 0.233 e. The lowest BCUT2D eigenvalue weighted by atomic mass is 10.2. The largest absolute Gasteiger partial charge is 0.467 e. The number of amides is 1. The second kappa shape index (κ2) is 8.96. The molecule has 0 saturated carbocycles. The van der Waals surface area contributed by atoms with E-state index in [9.17, 15) is 4.79 Å². The van der Waals surface area contributed by atoms with Gasteiger partial charge in [-0.25, -0.2) is 4.98 Å². The van der Waals surface area contributed by atoms with E-state index < -0.39 is 0 Å². The number of aromatic nitrogens is 3. The van der Waals surface area contributed by atoms with Gasteiger partial charge >= 0.3 is 0 Å². The highest BCUT2D eigenvalue weighted by Gasteiger charge is 2.19. The second-order valence-corrected chi connectivity index (χ2v) is 8.11. The third kappa shape index (κ3) is 4.86. The molecule has 0 fully saturated rings. The Morgan fingerprint density at radius 1 is 1.17 bits per heavy atom. The van der Waals surface area contributed by atoms with E-state index in [2.05, 4.69) is 21.9 Å². The number of thioether (sulfide) groups is 1. The zero-order chi connectivity index (χ0) is 20.1. The molecule has 6 nitrogen and oxygen atoms in total. The molecule has 1 amide bonds. The van der Waals surface area contributed by atoms with Gasteiger partial charge in [0.1, 0.15) is 11.6 Å². The van der Waals surface area contributed by atoms with Crippen LogP contribution >= 0.6 is 11.8 Å². The molecule has 148 valence electrons. The Morgan fingerprint density at radius 2 is 2.07 bits per heavy atom. The number of para-hydroxylation sites is 2. The normalized spacial score (nSPS) is 12.2. The number of benzene rings is 1. The zero-order valence-electron chi connectivity index (χ0n) is 16.1. The van der Waals surface area contributed by atoms with Crippen LogP contribution in [0, 0.1) is 0 Å². The number of hydrogen-bond acceptors (Lipinski definition) is 5. The molecule has 0 aliphatic carbocycles. The van der Waals surface area contributed by atoms with E-state index in [4.69, 9.17) is 4.42 Å². The number of pyridine rings is 1. The summed E-state index contributed by atoms with van der Waals surface area (Å²) >= 11 is 1.57. The summed E-state index contributed by atoms with van der Waals surface area (Å²) in [7, 11) is 0. The first-order valence-electron chi connectivity index (χ1n) is 9.44. The van der Waals surface area contributed by atoms with Crippen molar-refractivity contribution in [1.29, 1.82) is 0 Å². The van der Waals surface area contributed by atoms with E-state index in [1.165, 1.54) is 0 Å². The van der Waals surface area contributed by atoms with E-state index >= 15 is 0 Å². The van der Waals surface area contributed by atoms with Gasteiger partial charge in [-0.1, -0.05) is 18.2 Å². The maximum absolute atomic E-state index is 13.0. The van der Waals surface area contributed by atoms with Crippen LogP contribution in [-0.4, -0.2) is 31.5 Å². The van der Waals surface area contributed by atoms with Crippen molar-refractivity contribution in [1.82, 2.24) is 19.9 Å². The number of rotatable bonds is 8. The minimum absolute atomic E-state index is 0.0539. The monoisotopic (exact) mass is 406 g/mol. The molecule has 29 heavy (non-hydrogen) atoms. The van der Waals surface area contributed by atoms with Crippen molar-refractivity contribution in [3.05, 3.63) is 84.3 Å². The maximum atomic E-state index is 13.0. The standard InChI is InChI=1S/C22H22N4O2S/c1-16(22-24-19-8-2-3-9-20(19)25-22)29-15-21(27)26(14-18-7-5-11-28-18)13-17-6-4-10-23-12-17/h2-12,16H,13-15H2,1H3,(H,24,25). The van der Waals surface area contributed by atoms with Gasteiger partial charge in [0.05, 0.1) is 34.8 Å². The number of fused-ring (bicyclic) bond motifs is 1. The Bertz CT molecular complexity index is 1030. The van der Waals surface area contributed by atoms with E-state index in [0.717, 1.165) is 28.2 Å². The van der Waals surface area contributed by atoms with Crippen LogP contribution in [0.2, 0.25) is 0 Å². The lowest BCUT2D eigenvalue weighted by Gasteiger charge is -2.22. The van der Waals surface area contributed by atoms with Crippen molar-refractivity contribution in [2.45, 2.75) is 25.3 Å². The van der Waals surface area contributed by atoms with Crippen molar-refractivity contribution >= 4 is 28.7 Å². The molecule has 0 aliphatic rings. The summed E-state index contributed by atoms with van der Waals surface area (Å²) in [6, 6.07) is 15.5. The Morgan fingerprint density at radius 3 is 2.83 bits per heavy atom. The Balaban J connectivity index is 1.42. The molecule has 0 bridgehead atoms. The van der Waals surface area contributed by atoms with Crippen molar-refractivity contribution in [3.63, 3.8) is 0 Å². The third-order valence-electron chi connectivity index (χ3n) is 4.63. The lowest BCUT2D eigenvalue weighted by molar-refractivity contribution is -0.129. The van der Waals surface area contributed by atoms with Crippen LogP contribution in [0.3, 0.4) is 0 Å². The molecule has 1 N–H and O–H groups in total. The molecule has 0 spiro atoms. The van der Waals surface area contributed by atoms with Gasteiger partial charge in [-0.05, 0) is 42.8 Å². The van der Waals surface area contributed by atoms with Crippen molar-refractivity contribution in [3.8, 4) is 0 Å². The summed E-state index contributed by atoms with van der Waals surface area (Å²) in [6.45, 7) is 2.99. The van der Waals surface area contributed by atoms with Gasteiger partial charge < -0.3 is 14.3 Å². The minimum atomic E-state index is 0.0539. The molecule has 0 aliphatic heterocycles. The average molecular weight is 407 g/mol. The molecular formula is C22H22N4O2S. The highest BCUT2D eigenvalue weighted by molar-refractivity contribution is 8.00. The summed E-state index contributed by atoms with van der Waals surface area (Å²) < 4.78 is 5.45. The molecule has 3 aromatic heterocycles. The number of furan rings is 1. The highest BCUT2D eigenvalue weighted by atomic mass is 32.2. The van der Waals surface area contributed by atoms with Crippen molar-refractivity contribution < 1.29 is 9.21 Å². The molecule has 4 rings (SSSR count). The molecule has 4 aromatic rings. The highest BCUT2D eigenvalue weighted by Crippen LogP contribution is 2.28. The van der Waals surface area contributed by atoms with Crippen LogP contribution < -0.4 is 0 Å². The summed E-state index contributed by atoms with van der Waals surface area (Å²) in [5.74, 6) is 2.06. The van der Waals surface area contributed by atoms with Crippen LogP contribution in [0.15, 0.2) is 71.6 Å². The van der Waals surface area contributed by atoms with Crippen LogP contribution in [-0.2, 0) is 17.9 Å². The van der Waals surface area contributed by atoms with Gasteiger partial charge in [0.15, 0.2) is 0 Å². The first kappa shape index (κ1) is 19.3. The van der Waals surface area contributed by atoms with E-state index in [1.807, 2.05) is 48.5 Å². The molecule has 3 heterocycles. The number of hydrogen-bond donors (Lipinski definition) is 1. The van der Waals surface area contributed by atoms with Crippen LogP contribution in [0.4, 0.5) is 0 Å². The van der Waals surface area contributed by atoms with Gasteiger partial charge in [-0.15, -0.1) is 11.8 Å². The summed E-state index contributed by atoms with van der Waals surface area (Å²) in [5.41, 5.74) is 2.94. The van der Waals surface area contributed by atoms with Crippen molar-refractivity contribution in [2.24, 2.45) is 0 Å². The van der Waals surface area contributed by atoms with Crippen LogP contribution in [0.1, 0.15) is 29.3 Å². The number of imidazole rings is 1. The molecule has 0 saturated heterocycles. The third-order valence-corrected chi connectivity index (χ3v) is 5.76. The number of carbonyl (C=O) groups is 1. The average Bonchev–Trinajstić information content (AvgIpc) is 3.41. The number of carbonyl (C=O) groups excluding carboxylic acids is 1. The zero-order valence-corrected chi connectivity index (χ0v) is 16.9. The lowest BCUT2D eigenvalue weighted by Crippen LogP contribution is -2.31. The van der Waals surface area contributed by atoms with E-state index in [-0.39, 0.29) is 11.2 Å². The Kier molecular flexibility index (Phi) is 5.95. The topological polar surface area (TPSA) is 75.0 Å². The first-order chi connectivity index (χ1) is 14.2. The molecule has 1 unspecified atom stereocenters. The van der Waals surface area contributed by atoms with E-state index in [0.29, 0.717) is 18.8 Å². The number of nitrogens with zero attached hydrogens (tertiary/aromatic N) is 3. The molecule has 7 heteroatoms. The summed E-state index contributed by atoms with van der Waals surface area (Å²) in [4.78, 5) is 26.9. The molecule has 0 radical (unpaired) electrons. The van der Waals surface area contributed by atoms with E-state index in [1.54, 1.807) is 35.3 Å². The number of H-pyrrole nitrogens is 1. The quantitative estimate of drug-likeness (QED) is 0.464. The first-order valence-corrected chi connectivity index (χ1v) is 10.5.